The fourth-order valence-electron chi connectivity index (χ4n) is 0.709. The normalized spacial score (nSPS) is 9.91. The quantitative estimate of drug-likeness (QED) is 0.716. The molecule has 0 bridgehead atoms. The predicted octanol–water partition coefficient (Wildman–Crippen LogP) is 1.44. The van der Waals surface area contributed by atoms with E-state index in [0.29, 0.717) is 3.95 Å². The molecular formula is C6H7NO2S2. The van der Waals surface area contributed by atoms with E-state index in [1.807, 2.05) is 0 Å². The summed E-state index contributed by atoms with van der Waals surface area (Å²) in [6.07, 6.45) is 0.0453. The lowest BCUT2D eigenvalue weighted by Gasteiger charge is -1.96. The molecule has 0 fully saturated rings. The fraction of sp³-hybridized carbons (Fsp3) is 0.333. The number of carboxylic acids is 1. The van der Waals surface area contributed by atoms with Crippen LogP contribution in [0.2, 0.25) is 0 Å². The second-order valence-electron chi connectivity index (χ2n) is 2.12. The summed E-state index contributed by atoms with van der Waals surface area (Å²) in [6, 6.07) is 0. The number of carbonyl (C=O) groups is 1. The van der Waals surface area contributed by atoms with Crippen molar-refractivity contribution in [1.82, 2.24) is 4.57 Å². The Hall–Kier alpha value is -0.680. The maximum absolute atomic E-state index is 10.3. The summed E-state index contributed by atoms with van der Waals surface area (Å²) in [5.41, 5.74) is 0.757. The van der Waals surface area contributed by atoms with E-state index in [2.05, 4.69) is 0 Å². The smallest absolute Gasteiger partial charge is 0.309 e. The van der Waals surface area contributed by atoms with Crippen LogP contribution in [0.4, 0.5) is 0 Å². The molecular weight excluding hydrogens is 182 g/mol. The van der Waals surface area contributed by atoms with Crippen molar-refractivity contribution in [3.05, 3.63) is 15.0 Å². The van der Waals surface area contributed by atoms with Gasteiger partial charge in [0.1, 0.15) is 0 Å². The van der Waals surface area contributed by atoms with Crippen molar-refractivity contribution in [3.63, 3.8) is 0 Å². The highest BCUT2D eigenvalue weighted by molar-refractivity contribution is 7.73. The standard InChI is InChI=1S/C6H7NO2S2/c1-7-4(2-5(8)9)3-11-6(7)10/h3H,2H2,1H3,(H,8,9). The number of aliphatic carboxylic acids is 1. The van der Waals surface area contributed by atoms with Crippen LogP contribution in [0.25, 0.3) is 0 Å². The molecule has 0 atom stereocenters. The lowest BCUT2D eigenvalue weighted by Crippen LogP contribution is -2.04. The molecule has 1 rings (SSSR count). The van der Waals surface area contributed by atoms with Crippen LogP contribution in [0.5, 0.6) is 0 Å². The zero-order valence-electron chi connectivity index (χ0n) is 5.90. The van der Waals surface area contributed by atoms with Gasteiger partial charge in [0.15, 0.2) is 3.95 Å². The van der Waals surface area contributed by atoms with Gasteiger partial charge in [0.25, 0.3) is 0 Å². The minimum absolute atomic E-state index is 0.0453. The Morgan fingerprint density at radius 1 is 1.91 bits per heavy atom. The molecule has 0 amide bonds. The van der Waals surface area contributed by atoms with E-state index in [1.165, 1.54) is 11.3 Å². The molecule has 0 spiro atoms. The van der Waals surface area contributed by atoms with Crippen molar-refractivity contribution in [2.45, 2.75) is 6.42 Å². The van der Waals surface area contributed by atoms with Gasteiger partial charge in [-0.2, -0.15) is 0 Å². The van der Waals surface area contributed by atoms with E-state index < -0.39 is 5.97 Å². The van der Waals surface area contributed by atoms with E-state index in [4.69, 9.17) is 17.3 Å². The topological polar surface area (TPSA) is 42.2 Å². The Morgan fingerprint density at radius 2 is 2.55 bits per heavy atom. The van der Waals surface area contributed by atoms with Gasteiger partial charge in [0.2, 0.25) is 0 Å². The number of carboxylic acid groups (broad SMARTS) is 1. The molecule has 0 unspecified atom stereocenters. The molecule has 11 heavy (non-hydrogen) atoms. The summed E-state index contributed by atoms with van der Waals surface area (Å²) in [5.74, 6) is -0.826. The van der Waals surface area contributed by atoms with Crippen LogP contribution < -0.4 is 0 Å². The summed E-state index contributed by atoms with van der Waals surface area (Å²) in [5, 5.41) is 10.2. The molecule has 0 aliphatic carbocycles. The number of hydrogen-bond donors (Lipinski definition) is 1. The summed E-state index contributed by atoms with van der Waals surface area (Å²) >= 11 is 6.30. The van der Waals surface area contributed by atoms with Crippen LogP contribution in [0.3, 0.4) is 0 Å². The van der Waals surface area contributed by atoms with Crippen LogP contribution in [0.1, 0.15) is 5.69 Å². The molecule has 0 radical (unpaired) electrons. The molecule has 1 aromatic heterocycles. The minimum Gasteiger partial charge on any atom is -0.481 e. The van der Waals surface area contributed by atoms with Crippen LogP contribution in [-0.4, -0.2) is 15.6 Å². The Morgan fingerprint density at radius 3 is 2.91 bits per heavy atom. The zero-order chi connectivity index (χ0) is 8.43. The van der Waals surface area contributed by atoms with Gasteiger partial charge in [-0.15, -0.1) is 11.3 Å². The lowest BCUT2D eigenvalue weighted by molar-refractivity contribution is -0.136. The largest absolute Gasteiger partial charge is 0.481 e. The van der Waals surface area contributed by atoms with Crippen LogP contribution >= 0.6 is 23.6 Å². The highest BCUT2D eigenvalue weighted by Gasteiger charge is 2.04. The summed E-state index contributed by atoms with van der Waals surface area (Å²) in [6.45, 7) is 0. The molecule has 60 valence electrons. The van der Waals surface area contributed by atoms with Crippen LogP contribution in [-0.2, 0) is 18.3 Å². The van der Waals surface area contributed by atoms with Gasteiger partial charge < -0.3 is 9.67 Å². The van der Waals surface area contributed by atoms with Gasteiger partial charge in [0, 0.05) is 18.1 Å². The Labute approximate surface area is 72.9 Å². The molecule has 0 aliphatic heterocycles. The third-order valence-electron chi connectivity index (χ3n) is 1.33. The van der Waals surface area contributed by atoms with Crippen molar-refractivity contribution in [2.75, 3.05) is 0 Å². The SMILES string of the molecule is Cn1c(CC(=O)O)csc1=S. The van der Waals surface area contributed by atoms with Gasteiger partial charge in [-0.1, -0.05) is 0 Å². The van der Waals surface area contributed by atoms with Crippen molar-refractivity contribution >= 4 is 29.5 Å². The summed E-state index contributed by atoms with van der Waals surface area (Å²) in [4.78, 5) is 10.3. The van der Waals surface area contributed by atoms with Gasteiger partial charge in [0.05, 0.1) is 6.42 Å². The minimum atomic E-state index is -0.826. The van der Waals surface area contributed by atoms with Crippen molar-refractivity contribution < 1.29 is 9.90 Å². The van der Waals surface area contributed by atoms with Gasteiger partial charge in [-0.25, -0.2) is 0 Å². The molecule has 0 saturated carbocycles. The number of aromatic nitrogens is 1. The molecule has 0 saturated heterocycles. The molecule has 1 heterocycles. The van der Waals surface area contributed by atoms with Gasteiger partial charge >= 0.3 is 5.97 Å². The van der Waals surface area contributed by atoms with E-state index in [9.17, 15) is 4.79 Å². The number of thiazole rings is 1. The Kier molecular flexibility index (Phi) is 2.41. The summed E-state index contributed by atoms with van der Waals surface area (Å²) in [7, 11) is 1.77. The van der Waals surface area contributed by atoms with Gasteiger partial charge in [-0.3, -0.25) is 4.79 Å². The highest BCUT2D eigenvalue weighted by atomic mass is 32.1. The molecule has 3 nitrogen and oxygen atoms in total. The number of rotatable bonds is 2. The second-order valence-corrected chi connectivity index (χ2v) is 3.63. The molecule has 1 aromatic rings. The fourth-order valence-corrected chi connectivity index (χ4v) is 1.72. The van der Waals surface area contributed by atoms with Gasteiger partial charge in [-0.05, 0) is 12.2 Å². The van der Waals surface area contributed by atoms with Crippen molar-refractivity contribution in [3.8, 4) is 0 Å². The van der Waals surface area contributed by atoms with Crippen molar-refractivity contribution in [2.24, 2.45) is 7.05 Å². The first-order chi connectivity index (χ1) is 5.11. The first-order valence-corrected chi connectivity index (χ1v) is 4.25. The van der Waals surface area contributed by atoms with Crippen LogP contribution in [0.15, 0.2) is 5.38 Å². The zero-order valence-corrected chi connectivity index (χ0v) is 7.54. The van der Waals surface area contributed by atoms with E-state index >= 15 is 0 Å². The van der Waals surface area contributed by atoms with E-state index in [1.54, 1.807) is 17.0 Å². The van der Waals surface area contributed by atoms with E-state index in [0.717, 1.165) is 5.69 Å². The number of nitrogens with zero attached hydrogens (tertiary/aromatic N) is 1. The lowest BCUT2D eigenvalue weighted by atomic mass is 10.3. The van der Waals surface area contributed by atoms with Crippen molar-refractivity contribution in [1.29, 1.82) is 0 Å². The van der Waals surface area contributed by atoms with E-state index in [-0.39, 0.29) is 6.42 Å². The second kappa shape index (κ2) is 3.15. The average Bonchev–Trinajstić information content (AvgIpc) is 2.18. The predicted molar refractivity (Wildman–Crippen MR) is 45.5 cm³/mol. The maximum atomic E-state index is 10.3. The average molecular weight is 189 g/mol. The number of hydrogen-bond acceptors (Lipinski definition) is 3. The summed E-state index contributed by atoms with van der Waals surface area (Å²) < 4.78 is 2.43. The molecule has 0 aromatic carbocycles. The molecule has 1 N–H and O–H groups in total. The Bertz CT molecular complexity index is 326. The third kappa shape index (κ3) is 1.87. The van der Waals surface area contributed by atoms with Crippen LogP contribution in [0, 0.1) is 3.95 Å². The molecule has 0 aliphatic rings. The monoisotopic (exact) mass is 189 g/mol. The highest BCUT2D eigenvalue weighted by Crippen LogP contribution is 2.09. The first-order valence-electron chi connectivity index (χ1n) is 2.96. The third-order valence-corrected chi connectivity index (χ3v) is 2.76. The molecule has 5 heteroatoms. The first kappa shape index (κ1) is 8.42. The maximum Gasteiger partial charge on any atom is 0.309 e. The Balaban J connectivity index is 2.96.